The van der Waals surface area contributed by atoms with E-state index in [0.29, 0.717) is 28.2 Å². The first-order valence-corrected chi connectivity index (χ1v) is 7.40. The van der Waals surface area contributed by atoms with Gasteiger partial charge in [0.25, 0.3) is 0 Å². The van der Waals surface area contributed by atoms with Gasteiger partial charge in [-0.05, 0) is 24.3 Å². The number of rotatable bonds is 4. The Balaban J connectivity index is 1.51. The summed E-state index contributed by atoms with van der Waals surface area (Å²) in [5.41, 5.74) is -0.123. The Labute approximate surface area is 140 Å². The number of aromatic nitrogens is 1. The van der Waals surface area contributed by atoms with Gasteiger partial charge in [-0.3, -0.25) is 0 Å². The van der Waals surface area contributed by atoms with E-state index in [1.165, 1.54) is 12.3 Å². The van der Waals surface area contributed by atoms with E-state index < -0.39 is 11.6 Å². The summed E-state index contributed by atoms with van der Waals surface area (Å²) in [5, 5.41) is 4.43. The lowest BCUT2D eigenvalue weighted by molar-refractivity contribution is 0.0459. The maximum atomic E-state index is 12.2. The number of furan rings is 1. The quantitative estimate of drug-likeness (QED) is 0.416. The molecule has 4 aromatic rings. The van der Waals surface area contributed by atoms with Gasteiger partial charge in [-0.15, -0.1) is 0 Å². The zero-order chi connectivity index (χ0) is 17.2. The Hall–Kier alpha value is -3.61. The predicted molar refractivity (Wildman–Crippen MR) is 85.8 cm³/mol. The molecule has 0 aliphatic carbocycles. The predicted octanol–water partition coefficient (Wildman–Crippen LogP) is 3.40. The van der Waals surface area contributed by atoms with Crippen molar-refractivity contribution in [2.24, 2.45) is 0 Å². The van der Waals surface area contributed by atoms with Gasteiger partial charge in [0, 0.05) is 11.5 Å². The number of carbonyl (C=O) groups excluding carboxylic acids is 1. The topological polar surface area (TPSA) is 95.7 Å². The molecular weight excluding hydrogens is 326 g/mol. The maximum absolute atomic E-state index is 12.2. The van der Waals surface area contributed by atoms with Crippen molar-refractivity contribution in [1.29, 1.82) is 0 Å². The molecule has 0 atom stereocenters. The average Bonchev–Trinajstić information content (AvgIpc) is 3.30. The van der Waals surface area contributed by atoms with Crippen molar-refractivity contribution in [2.45, 2.75) is 6.61 Å². The molecule has 0 saturated carbocycles. The molecule has 0 fully saturated rings. The molecule has 0 aliphatic rings. The highest BCUT2D eigenvalue weighted by Gasteiger charge is 2.17. The molecule has 0 unspecified atom stereocenters. The van der Waals surface area contributed by atoms with Crippen molar-refractivity contribution in [2.75, 3.05) is 0 Å². The van der Waals surface area contributed by atoms with Gasteiger partial charge in [-0.25, -0.2) is 9.59 Å². The third kappa shape index (κ3) is 2.94. The van der Waals surface area contributed by atoms with Crippen LogP contribution in [0.25, 0.3) is 22.5 Å². The van der Waals surface area contributed by atoms with E-state index in [4.69, 9.17) is 18.1 Å². The third-order valence-electron chi connectivity index (χ3n) is 3.54. The van der Waals surface area contributed by atoms with Crippen molar-refractivity contribution < 1.29 is 22.9 Å². The number of hydrogen-bond acceptors (Lipinski definition) is 7. The van der Waals surface area contributed by atoms with E-state index >= 15 is 0 Å². The fraction of sp³-hybridized carbons (Fsp3) is 0.0556. The van der Waals surface area contributed by atoms with Crippen LogP contribution < -0.4 is 5.63 Å². The molecule has 1 aromatic carbocycles. The lowest BCUT2D eigenvalue weighted by atomic mass is 10.2. The van der Waals surface area contributed by atoms with Gasteiger partial charge < -0.3 is 18.1 Å². The summed E-state index contributed by atoms with van der Waals surface area (Å²) in [7, 11) is 0. The molecule has 7 nitrogen and oxygen atoms in total. The van der Waals surface area contributed by atoms with E-state index in [2.05, 4.69) is 5.16 Å². The Kier molecular flexibility index (Phi) is 3.66. The fourth-order valence-corrected chi connectivity index (χ4v) is 2.34. The molecule has 3 aromatic heterocycles. The number of benzene rings is 1. The first-order chi connectivity index (χ1) is 12.2. The monoisotopic (exact) mass is 337 g/mol. The van der Waals surface area contributed by atoms with Gasteiger partial charge in [0.2, 0.25) is 5.76 Å². The van der Waals surface area contributed by atoms with Crippen LogP contribution in [0.15, 0.2) is 72.9 Å². The number of ether oxygens (including phenoxy) is 1. The Morgan fingerprint density at radius 2 is 1.96 bits per heavy atom. The summed E-state index contributed by atoms with van der Waals surface area (Å²) in [5.74, 6) is 0.142. The third-order valence-corrected chi connectivity index (χ3v) is 3.54. The lowest BCUT2D eigenvalue weighted by Gasteiger charge is -2.02. The summed E-state index contributed by atoms with van der Waals surface area (Å²) >= 11 is 0. The minimum Gasteiger partial charge on any atom is -0.461 e. The van der Waals surface area contributed by atoms with Crippen LogP contribution in [-0.2, 0) is 11.3 Å². The van der Waals surface area contributed by atoms with Crippen LogP contribution in [0.1, 0.15) is 16.1 Å². The molecule has 124 valence electrons. The molecule has 0 amide bonds. The summed E-state index contributed by atoms with van der Waals surface area (Å²) in [6.45, 7) is -0.144. The minimum atomic E-state index is -0.790. The smallest absolute Gasteiger partial charge is 0.351 e. The normalized spacial score (nSPS) is 10.9. The molecule has 0 N–H and O–H groups in total. The maximum Gasteiger partial charge on any atom is 0.351 e. The summed E-state index contributed by atoms with van der Waals surface area (Å²) < 4.78 is 20.5. The molecule has 0 radical (unpaired) electrons. The minimum absolute atomic E-state index is 0.144. The standard InChI is InChI=1S/C18H11NO6/c20-17(13-8-11-4-1-2-5-14(11)24-18(13)21)23-10-12-9-16(25-19-12)15-6-3-7-22-15/h1-9H,10H2. The second-order valence-corrected chi connectivity index (χ2v) is 5.22. The molecule has 3 heterocycles. The highest BCUT2D eigenvalue weighted by atomic mass is 16.5. The van der Waals surface area contributed by atoms with Crippen LogP contribution in [0.4, 0.5) is 0 Å². The number of para-hydroxylation sites is 1. The van der Waals surface area contributed by atoms with E-state index in [1.807, 2.05) is 0 Å². The van der Waals surface area contributed by atoms with Crippen LogP contribution in [0.5, 0.6) is 0 Å². The summed E-state index contributed by atoms with van der Waals surface area (Å²) in [6, 6.07) is 13.4. The number of fused-ring (bicyclic) bond motifs is 1. The van der Waals surface area contributed by atoms with E-state index in [0.717, 1.165) is 0 Å². The highest BCUT2D eigenvalue weighted by Crippen LogP contribution is 2.21. The molecule has 0 saturated heterocycles. The van der Waals surface area contributed by atoms with Crippen LogP contribution in [-0.4, -0.2) is 11.1 Å². The largest absolute Gasteiger partial charge is 0.461 e. The van der Waals surface area contributed by atoms with Gasteiger partial charge in [0.15, 0.2) is 5.76 Å². The zero-order valence-electron chi connectivity index (χ0n) is 12.8. The highest BCUT2D eigenvalue weighted by molar-refractivity contribution is 5.92. The molecule has 25 heavy (non-hydrogen) atoms. The summed E-state index contributed by atoms with van der Waals surface area (Å²) in [6.07, 6.45) is 1.51. The molecule has 0 spiro atoms. The van der Waals surface area contributed by atoms with Crippen molar-refractivity contribution in [3.05, 3.63) is 76.5 Å². The van der Waals surface area contributed by atoms with Crippen molar-refractivity contribution in [3.63, 3.8) is 0 Å². The van der Waals surface area contributed by atoms with Crippen LogP contribution in [0.3, 0.4) is 0 Å². The molecule has 0 aliphatic heterocycles. The van der Waals surface area contributed by atoms with Gasteiger partial charge >= 0.3 is 11.6 Å². The second kappa shape index (κ2) is 6.12. The SMILES string of the molecule is O=C(OCc1cc(-c2ccco2)on1)c1cc2ccccc2oc1=O. The van der Waals surface area contributed by atoms with Crippen LogP contribution >= 0.6 is 0 Å². The number of carbonyl (C=O) groups is 1. The van der Waals surface area contributed by atoms with E-state index in [-0.39, 0.29) is 12.2 Å². The lowest BCUT2D eigenvalue weighted by Crippen LogP contribution is -2.16. The Bertz CT molecular complexity index is 1090. The number of nitrogens with zero attached hydrogens (tertiary/aromatic N) is 1. The van der Waals surface area contributed by atoms with Crippen molar-refractivity contribution in [3.8, 4) is 11.5 Å². The first kappa shape index (κ1) is 14.9. The summed E-state index contributed by atoms with van der Waals surface area (Å²) in [4.78, 5) is 24.1. The van der Waals surface area contributed by atoms with Gasteiger partial charge in [0.1, 0.15) is 23.4 Å². The van der Waals surface area contributed by atoms with E-state index in [1.54, 1.807) is 42.5 Å². The van der Waals surface area contributed by atoms with Gasteiger partial charge in [-0.1, -0.05) is 23.4 Å². The number of esters is 1. The molecular formula is C18H11NO6. The van der Waals surface area contributed by atoms with Gasteiger partial charge in [0.05, 0.1) is 6.26 Å². The molecule has 4 rings (SSSR count). The van der Waals surface area contributed by atoms with Gasteiger partial charge in [-0.2, -0.15) is 0 Å². The van der Waals surface area contributed by atoms with Crippen LogP contribution in [0, 0.1) is 0 Å². The first-order valence-electron chi connectivity index (χ1n) is 7.40. The number of hydrogen-bond donors (Lipinski definition) is 0. The van der Waals surface area contributed by atoms with E-state index in [9.17, 15) is 9.59 Å². The van der Waals surface area contributed by atoms with Crippen LogP contribution in [0.2, 0.25) is 0 Å². The molecule has 7 heteroatoms. The Morgan fingerprint density at radius 3 is 2.80 bits per heavy atom. The second-order valence-electron chi connectivity index (χ2n) is 5.22. The zero-order valence-corrected chi connectivity index (χ0v) is 12.8. The fourth-order valence-electron chi connectivity index (χ4n) is 2.34. The Morgan fingerprint density at radius 1 is 1.08 bits per heavy atom. The van der Waals surface area contributed by atoms with Crippen molar-refractivity contribution >= 4 is 16.9 Å². The molecule has 0 bridgehead atoms. The van der Waals surface area contributed by atoms with Crippen molar-refractivity contribution in [1.82, 2.24) is 5.16 Å². The average molecular weight is 337 g/mol.